The molecule has 1 aliphatic heterocycles. The standard InChI is InChI=1S/C7H8FN3O2/c8-5-1-11(2-5)3-6-7(4-12)10-13-9-6/h4-5H,1-3H2. The summed E-state index contributed by atoms with van der Waals surface area (Å²) >= 11 is 0. The van der Waals surface area contributed by atoms with Crippen LogP contribution < -0.4 is 0 Å². The van der Waals surface area contributed by atoms with Crippen molar-refractivity contribution in [2.45, 2.75) is 12.7 Å². The van der Waals surface area contributed by atoms with Crippen molar-refractivity contribution in [3.63, 3.8) is 0 Å². The van der Waals surface area contributed by atoms with Gasteiger partial charge >= 0.3 is 0 Å². The Hall–Kier alpha value is -1.30. The Morgan fingerprint density at radius 3 is 3.00 bits per heavy atom. The zero-order valence-corrected chi connectivity index (χ0v) is 6.81. The van der Waals surface area contributed by atoms with Gasteiger partial charge in [0, 0.05) is 19.6 Å². The summed E-state index contributed by atoms with van der Waals surface area (Å²) in [5.74, 6) is 0. The van der Waals surface area contributed by atoms with Crippen molar-refractivity contribution in [3.8, 4) is 0 Å². The molecule has 0 unspecified atom stereocenters. The molecule has 13 heavy (non-hydrogen) atoms. The van der Waals surface area contributed by atoms with Crippen LogP contribution in [0.15, 0.2) is 4.63 Å². The molecule has 0 saturated carbocycles. The Bertz CT molecular complexity index is 308. The smallest absolute Gasteiger partial charge is 0.174 e. The minimum atomic E-state index is -0.750. The van der Waals surface area contributed by atoms with Crippen LogP contribution in [-0.4, -0.2) is 40.8 Å². The van der Waals surface area contributed by atoms with Crippen molar-refractivity contribution in [3.05, 3.63) is 11.4 Å². The van der Waals surface area contributed by atoms with Crippen molar-refractivity contribution < 1.29 is 13.8 Å². The zero-order valence-electron chi connectivity index (χ0n) is 6.81. The van der Waals surface area contributed by atoms with E-state index in [0.29, 0.717) is 31.6 Å². The van der Waals surface area contributed by atoms with Gasteiger partial charge in [0.05, 0.1) is 0 Å². The Kier molecular flexibility index (Phi) is 2.05. The van der Waals surface area contributed by atoms with Gasteiger partial charge < -0.3 is 0 Å². The number of hydrogen-bond acceptors (Lipinski definition) is 5. The van der Waals surface area contributed by atoms with E-state index >= 15 is 0 Å². The van der Waals surface area contributed by atoms with Crippen LogP contribution in [0.1, 0.15) is 16.2 Å². The van der Waals surface area contributed by atoms with E-state index in [1.807, 2.05) is 4.90 Å². The molecule has 0 bridgehead atoms. The Balaban J connectivity index is 1.97. The summed E-state index contributed by atoms with van der Waals surface area (Å²) < 4.78 is 16.8. The van der Waals surface area contributed by atoms with E-state index in [9.17, 15) is 9.18 Å². The van der Waals surface area contributed by atoms with Gasteiger partial charge in [0.25, 0.3) is 0 Å². The molecule has 0 aromatic carbocycles. The van der Waals surface area contributed by atoms with Gasteiger partial charge in [0.15, 0.2) is 12.0 Å². The Labute approximate surface area is 73.5 Å². The summed E-state index contributed by atoms with van der Waals surface area (Å²) in [5.41, 5.74) is 0.671. The summed E-state index contributed by atoms with van der Waals surface area (Å²) in [4.78, 5) is 12.2. The molecule has 1 aliphatic rings. The quantitative estimate of drug-likeness (QED) is 0.622. The summed E-state index contributed by atoms with van der Waals surface area (Å²) in [7, 11) is 0. The number of alkyl halides is 1. The molecule has 0 N–H and O–H groups in total. The topological polar surface area (TPSA) is 59.2 Å². The SMILES string of the molecule is O=Cc1nonc1CN1CC(F)C1. The van der Waals surface area contributed by atoms with E-state index in [4.69, 9.17) is 0 Å². The summed E-state index contributed by atoms with van der Waals surface area (Å²) in [5, 5.41) is 6.94. The third-order valence-electron chi connectivity index (χ3n) is 1.98. The van der Waals surface area contributed by atoms with Crippen LogP contribution in [0.2, 0.25) is 0 Å². The van der Waals surface area contributed by atoms with E-state index in [1.54, 1.807) is 0 Å². The number of likely N-dealkylation sites (tertiary alicyclic amines) is 1. The first-order valence-corrected chi connectivity index (χ1v) is 3.92. The van der Waals surface area contributed by atoms with E-state index < -0.39 is 6.17 Å². The number of hydrogen-bond donors (Lipinski definition) is 0. The molecule has 0 atom stereocenters. The number of carbonyl (C=O) groups excluding carboxylic acids is 1. The molecule has 2 heterocycles. The second-order valence-corrected chi connectivity index (χ2v) is 3.01. The minimum Gasteiger partial charge on any atom is -0.296 e. The van der Waals surface area contributed by atoms with Crippen LogP contribution in [0.25, 0.3) is 0 Å². The van der Waals surface area contributed by atoms with E-state index in [0.717, 1.165) is 0 Å². The van der Waals surface area contributed by atoms with Gasteiger partial charge in [-0.25, -0.2) is 9.02 Å². The third kappa shape index (κ3) is 1.57. The molecule has 2 rings (SSSR count). The van der Waals surface area contributed by atoms with Gasteiger partial charge in [-0.1, -0.05) is 5.16 Å². The Morgan fingerprint density at radius 1 is 1.62 bits per heavy atom. The summed E-state index contributed by atoms with van der Waals surface area (Å²) in [6.45, 7) is 1.22. The maximum atomic E-state index is 12.4. The molecular formula is C7H8FN3O2. The molecule has 0 radical (unpaired) electrons. The molecule has 0 spiro atoms. The summed E-state index contributed by atoms with van der Waals surface area (Å²) in [6.07, 6.45) is -0.169. The number of carbonyl (C=O) groups is 1. The average Bonchev–Trinajstić information content (AvgIpc) is 2.49. The van der Waals surface area contributed by atoms with Gasteiger partial charge in [-0.15, -0.1) is 0 Å². The van der Waals surface area contributed by atoms with Gasteiger partial charge in [0.2, 0.25) is 0 Å². The van der Waals surface area contributed by atoms with Gasteiger partial charge in [-0.05, 0) is 5.16 Å². The lowest BCUT2D eigenvalue weighted by Crippen LogP contribution is -2.47. The van der Waals surface area contributed by atoms with Crippen LogP contribution in [0.5, 0.6) is 0 Å². The number of aromatic nitrogens is 2. The monoisotopic (exact) mass is 185 g/mol. The second-order valence-electron chi connectivity index (χ2n) is 3.01. The minimum absolute atomic E-state index is 0.197. The highest BCUT2D eigenvalue weighted by molar-refractivity contribution is 5.72. The number of aldehydes is 1. The predicted octanol–water partition coefficient (Wildman–Crippen LogP) is 0.0358. The molecule has 5 nitrogen and oxygen atoms in total. The van der Waals surface area contributed by atoms with E-state index in [2.05, 4.69) is 14.9 Å². The fourth-order valence-corrected chi connectivity index (χ4v) is 1.26. The second kappa shape index (κ2) is 3.21. The van der Waals surface area contributed by atoms with Crippen molar-refractivity contribution in [2.75, 3.05) is 13.1 Å². The van der Waals surface area contributed by atoms with Crippen LogP contribution in [0, 0.1) is 0 Å². The first-order chi connectivity index (χ1) is 6.29. The lowest BCUT2D eigenvalue weighted by molar-refractivity contribution is 0.0569. The fourth-order valence-electron chi connectivity index (χ4n) is 1.26. The molecular weight excluding hydrogens is 177 g/mol. The largest absolute Gasteiger partial charge is 0.296 e. The van der Waals surface area contributed by atoms with Crippen molar-refractivity contribution in [1.82, 2.24) is 15.2 Å². The van der Waals surface area contributed by atoms with Crippen LogP contribution in [0.4, 0.5) is 4.39 Å². The summed E-state index contributed by atoms with van der Waals surface area (Å²) in [6, 6.07) is 0. The van der Waals surface area contributed by atoms with Crippen LogP contribution in [0.3, 0.4) is 0 Å². The third-order valence-corrected chi connectivity index (χ3v) is 1.98. The molecule has 6 heteroatoms. The van der Waals surface area contributed by atoms with Gasteiger partial charge in [0.1, 0.15) is 11.9 Å². The highest BCUT2D eigenvalue weighted by atomic mass is 19.1. The fraction of sp³-hybridized carbons (Fsp3) is 0.571. The van der Waals surface area contributed by atoms with Crippen molar-refractivity contribution in [2.24, 2.45) is 0 Å². The molecule has 1 aromatic rings. The number of rotatable bonds is 3. The molecule has 1 aromatic heterocycles. The van der Waals surface area contributed by atoms with Crippen molar-refractivity contribution >= 4 is 6.29 Å². The van der Waals surface area contributed by atoms with Gasteiger partial charge in [-0.3, -0.25) is 9.69 Å². The van der Waals surface area contributed by atoms with Crippen LogP contribution in [-0.2, 0) is 6.54 Å². The highest BCUT2D eigenvalue weighted by Crippen LogP contribution is 2.15. The number of halogens is 1. The first kappa shape index (κ1) is 8.31. The maximum absolute atomic E-state index is 12.4. The van der Waals surface area contributed by atoms with E-state index in [1.165, 1.54) is 0 Å². The van der Waals surface area contributed by atoms with E-state index in [-0.39, 0.29) is 5.69 Å². The Morgan fingerprint density at radius 2 is 2.38 bits per heavy atom. The first-order valence-electron chi connectivity index (χ1n) is 3.92. The molecule has 0 aliphatic carbocycles. The lowest BCUT2D eigenvalue weighted by Gasteiger charge is -2.33. The molecule has 1 saturated heterocycles. The molecule has 1 fully saturated rings. The van der Waals surface area contributed by atoms with Crippen LogP contribution >= 0.6 is 0 Å². The normalized spacial score (nSPS) is 18.5. The average molecular weight is 185 g/mol. The maximum Gasteiger partial charge on any atom is 0.174 e. The lowest BCUT2D eigenvalue weighted by atomic mass is 10.2. The zero-order chi connectivity index (χ0) is 9.26. The molecule has 0 amide bonds. The predicted molar refractivity (Wildman–Crippen MR) is 39.9 cm³/mol. The van der Waals surface area contributed by atoms with Crippen molar-refractivity contribution in [1.29, 1.82) is 0 Å². The molecule has 70 valence electrons. The van der Waals surface area contributed by atoms with Gasteiger partial charge in [-0.2, -0.15) is 0 Å². The highest BCUT2D eigenvalue weighted by Gasteiger charge is 2.27. The number of nitrogens with zero attached hydrogens (tertiary/aromatic N) is 3.